The Labute approximate surface area is 233 Å². The largest absolute Gasteiger partial charge is 0.457 e. The highest BCUT2D eigenvalue weighted by atomic mass is 16.5. The van der Waals surface area contributed by atoms with Crippen LogP contribution < -0.4 is 20.3 Å². The van der Waals surface area contributed by atoms with E-state index >= 15 is 0 Å². The molecule has 5 rings (SSSR count). The summed E-state index contributed by atoms with van der Waals surface area (Å²) in [5.41, 5.74) is 2.38. The molecule has 206 valence electrons. The highest BCUT2D eigenvalue weighted by Gasteiger charge is 2.19. The lowest BCUT2D eigenvalue weighted by Crippen LogP contribution is -2.47. The van der Waals surface area contributed by atoms with Crippen molar-refractivity contribution in [3.05, 3.63) is 95.8 Å². The van der Waals surface area contributed by atoms with Crippen molar-refractivity contribution in [1.29, 1.82) is 0 Å². The van der Waals surface area contributed by atoms with Crippen molar-refractivity contribution in [2.45, 2.75) is 13.5 Å². The van der Waals surface area contributed by atoms with Crippen molar-refractivity contribution in [1.82, 2.24) is 25.2 Å². The summed E-state index contributed by atoms with van der Waals surface area (Å²) >= 11 is 0. The minimum Gasteiger partial charge on any atom is -0.457 e. The maximum atomic E-state index is 12.6. The van der Waals surface area contributed by atoms with Crippen LogP contribution in [0.15, 0.2) is 78.9 Å². The third-order valence-corrected chi connectivity index (χ3v) is 6.55. The molecule has 1 saturated heterocycles. The second-order valence-corrected chi connectivity index (χ2v) is 9.51. The van der Waals surface area contributed by atoms with Gasteiger partial charge in [-0.15, -0.1) is 0 Å². The van der Waals surface area contributed by atoms with Gasteiger partial charge >= 0.3 is 0 Å². The molecule has 1 aromatic heterocycles. The number of nitrogens with zero attached hydrogens (tertiary/aromatic N) is 5. The molecular formula is C30H33N7O3. The number of carbonyl (C=O) groups excluding carboxylic acids is 1. The molecule has 0 saturated carbocycles. The summed E-state index contributed by atoms with van der Waals surface area (Å²) in [6.07, 6.45) is 0. The van der Waals surface area contributed by atoms with E-state index in [0.717, 1.165) is 37.4 Å². The number of hydrogen-bond acceptors (Lipinski definition) is 9. The normalized spacial score (nSPS) is 13.6. The standard InChI is InChI=1S/C30H33N7O3/c1-22-32-29(35-30(33-22)37-16-14-36(15-17-37)18-19-38)34-25-10-12-26(13-11-25)40-27-9-5-8-24(20-27)28(39)31-21-23-6-3-2-4-7-23/h2-13,20,38H,14-19,21H2,1H3,(H,31,39)(H,32,33,34,35). The van der Waals surface area contributed by atoms with Crippen LogP contribution in [0.2, 0.25) is 0 Å². The predicted octanol–water partition coefficient (Wildman–Crippen LogP) is 3.76. The van der Waals surface area contributed by atoms with E-state index in [4.69, 9.17) is 9.84 Å². The summed E-state index contributed by atoms with van der Waals surface area (Å²) in [4.78, 5) is 30.6. The van der Waals surface area contributed by atoms with Crippen LogP contribution in [0.25, 0.3) is 0 Å². The van der Waals surface area contributed by atoms with E-state index in [9.17, 15) is 4.79 Å². The molecule has 3 aromatic carbocycles. The fourth-order valence-corrected chi connectivity index (χ4v) is 4.43. The number of amides is 1. The second kappa shape index (κ2) is 13.0. The molecule has 0 unspecified atom stereocenters. The molecule has 2 heterocycles. The molecule has 1 fully saturated rings. The SMILES string of the molecule is Cc1nc(Nc2ccc(Oc3cccc(C(=O)NCc4ccccc4)c3)cc2)nc(N2CCN(CCO)CC2)n1. The van der Waals surface area contributed by atoms with Crippen molar-refractivity contribution in [3.63, 3.8) is 0 Å². The van der Waals surface area contributed by atoms with Gasteiger partial charge in [-0.2, -0.15) is 15.0 Å². The van der Waals surface area contributed by atoms with Crippen LogP contribution in [0.1, 0.15) is 21.7 Å². The smallest absolute Gasteiger partial charge is 0.251 e. The van der Waals surface area contributed by atoms with Crippen LogP contribution in [-0.4, -0.2) is 70.2 Å². The maximum Gasteiger partial charge on any atom is 0.251 e. The highest BCUT2D eigenvalue weighted by Crippen LogP contribution is 2.25. The average molecular weight is 540 g/mol. The van der Waals surface area contributed by atoms with Crippen molar-refractivity contribution >= 4 is 23.5 Å². The van der Waals surface area contributed by atoms with E-state index in [2.05, 4.69) is 35.4 Å². The highest BCUT2D eigenvalue weighted by molar-refractivity contribution is 5.94. The van der Waals surface area contributed by atoms with Crippen LogP contribution in [0.5, 0.6) is 11.5 Å². The third-order valence-electron chi connectivity index (χ3n) is 6.55. The molecule has 4 aromatic rings. The lowest BCUT2D eigenvalue weighted by molar-refractivity contribution is 0.0950. The van der Waals surface area contributed by atoms with E-state index < -0.39 is 0 Å². The summed E-state index contributed by atoms with van der Waals surface area (Å²) in [5.74, 6) is 2.81. The van der Waals surface area contributed by atoms with Gasteiger partial charge in [-0.1, -0.05) is 36.4 Å². The number of nitrogens with one attached hydrogen (secondary N) is 2. The van der Waals surface area contributed by atoms with E-state index in [1.807, 2.05) is 67.6 Å². The number of aryl methyl sites for hydroxylation is 1. The lowest BCUT2D eigenvalue weighted by atomic mass is 10.2. The number of piperazine rings is 1. The molecule has 0 bridgehead atoms. The summed E-state index contributed by atoms with van der Waals surface area (Å²) in [6.45, 7) is 6.48. The fourth-order valence-electron chi connectivity index (χ4n) is 4.43. The number of β-amino-alcohol motifs (C(OH)–C–C–N with tert-alkyl or cyclic N) is 1. The Bertz CT molecular complexity index is 1410. The first kappa shape index (κ1) is 27.0. The Morgan fingerprint density at radius 3 is 2.42 bits per heavy atom. The van der Waals surface area contributed by atoms with Gasteiger partial charge in [0.15, 0.2) is 0 Å². The average Bonchev–Trinajstić information content (AvgIpc) is 2.98. The van der Waals surface area contributed by atoms with Crippen LogP contribution in [0, 0.1) is 6.92 Å². The molecule has 0 spiro atoms. The molecule has 0 atom stereocenters. The van der Waals surface area contributed by atoms with Gasteiger partial charge in [-0.05, 0) is 55.0 Å². The number of hydrogen-bond donors (Lipinski definition) is 3. The minimum absolute atomic E-state index is 0.159. The number of anilines is 3. The monoisotopic (exact) mass is 539 g/mol. The first-order valence-corrected chi connectivity index (χ1v) is 13.3. The molecule has 1 aliphatic rings. The summed E-state index contributed by atoms with van der Waals surface area (Å²) in [6, 6.07) is 24.4. The van der Waals surface area contributed by atoms with E-state index in [1.54, 1.807) is 18.2 Å². The zero-order valence-corrected chi connectivity index (χ0v) is 22.5. The Morgan fingerprint density at radius 1 is 0.900 bits per heavy atom. The molecule has 40 heavy (non-hydrogen) atoms. The van der Waals surface area contributed by atoms with Crippen LogP contribution in [0.3, 0.4) is 0 Å². The Kier molecular flexibility index (Phi) is 8.79. The van der Waals surface area contributed by atoms with Crippen molar-refractivity contribution in [2.24, 2.45) is 0 Å². The molecule has 10 nitrogen and oxygen atoms in total. The number of rotatable bonds is 10. The summed E-state index contributed by atoms with van der Waals surface area (Å²) in [5, 5.41) is 15.4. The van der Waals surface area contributed by atoms with Gasteiger partial charge in [0.2, 0.25) is 11.9 Å². The Hall–Kier alpha value is -4.54. The molecule has 0 aliphatic carbocycles. The third kappa shape index (κ3) is 7.31. The lowest BCUT2D eigenvalue weighted by Gasteiger charge is -2.34. The number of aromatic nitrogens is 3. The Balaban J connectivity index is 1.18. The summed E-state index contributed by atoms with van der Waals surface area (Å²) < 4.78 is 6.01. The second-order valence-electron chi connectivity index (χ2n) is 9.51. The van der Waals surface area contributed by atoms with Gasteiger partial charge in [-0.3, -0.25) is 9.69 Å². The maximum absolute atomic E-state index is 12.6. The molecule has 0 radical (unpaired) electrons. The Morgan fingerprint density at radius 2 is 1.68 bits per heavy atom. The van der Waals surface area contributed by atoms with Gasteiger partial charge < -0.3 is 25.4 Å². The van der Waals surface area contributed by atoms with Gasteiger partial charge in [0.05, 0.1) is 6.61 Å². The molecule has 10 heteroatoms. The van der Waals surface area contributed by atoms with E-state index in [1.165, 1.54) is 0 Å². The number of aliphatic hydroxyl groups is 1. The van der Waals surface area contributed by atoms with Crippen molar-refractivity contribution in [2.75, 3.05) is 49.5 Å². The van der Waals surface area contributed by atoms with Gasteiger partial charge in [-0.25, -0.2) is 0 Å². The first-order valence-electron chi connectivity index (χ1n) is 13.3. The fraction of sp³-hybridized carbons (Fsp3) is 0.267. The molecule has 3 N–H and O–H groups in total. The first-order chi connectivity index (χ1) is 19.6. The molecule has 1 amide bonds. The topological polar surface area (TPSA) is 116 Å². The quantitative estimate of drug-likeness (QED) is 0.277. The zero-order chi connectivity index (χ0) is 27.7. The van der Waals surface area contributed by atoms with Crippen LogP contribution in [-0.2, 0) is 6.54 Å². The molecule has 1 aliphatic heterocycles. The van der Waals surface area contributed by atoms with Gasteiger partial charge in [0.1, 0.15) is 17.3 Å². The number of aliphatic hydroxyl groups excluding tert-OH is 1. The van der Waals surface area contributed by atoms with E-state index in [-0.39, 0.29) is 12.5 Å². The van der Waals surface area contributed by atoms with E-state index in [0.29, 0.717) is 47.9 Å². The minimum atomic E-state index is -0.159. The number of ether oxygens (including phenoxy) is 1. The van der Waals surface area contributed by atoms with Crippen LogP contribution in [0.4, 0.5) is 17.6 Å². The zero-order valence-electron chi connectivity index (χ0n) is 22.5. The van der Waals surface area contributed by atoms with Gasteiger partial charge in [0, 0.05) is 50.5 Å². The van der Waals surface area contributed by atoms with Crippen LogP contribution >= 0.6 is 0 Å². The predicted molar refractivity (Wildman–Crippen MR) is 154 cm³/mol. The summed E-state index contributed by atoms with van der Waals surface area (Å²) in [7, 11) is 0. The van der Waals surface area contributed by atoms with Crippen molar-refractivity contribution < 1.29 is 14.6 Å². The van der Waals surface area contributed by atoms with Crippen molar-refractivity contribution in [3.8, 4) is 11.5 Å². The number of carbonyl (C=O) groups is 1. The van der Waals surface area contributed by atoms with Gasteiger partial charge in [0.25, 0.3) is 5.91 Å². The number of benzene rings is 3. The molecular weight excluding hydrogens is 506 g/mol.